The van der Waals surface area contributed by atoms with E-state index >= 15 is 0 Å². The van der Waals surface area contributed by atoms with Crippen LogP contribution in [0.25, 0.3) is 0 Å². The summed E-state index contributed by atoms with van der Waals surface area (Å²) in [5, 5.41) is 27.5. The van der Waals surface area contributed by atoms with Crippen LogP contribution < -0.4 is 15.4 Å². The number of nitrogens with one attached hydrogen (secondary N) is 2. The second-order valence-electron chi connectivity index (χ2n) is 14.9. The molecule has 292 valence electrons. The number of piperidine rings is 1. The molecule has 2 aliphatic heterocycles. The van der Waals surface area contributed by atoms with Gasteiger partial charge in [0, 0.05) is 43.8 Å². The molecule has 1 saturated carbocycles. The highest BCUT2D eigenvalue weighted by Crippen LogP contribution is 2.45. The molecule has 0 bridgehead atoms. The van der Waals surface area contributed by atoms with Crippen LogP contribution in [-0.2, 0) is 37.3 Å². The molecule has 11 nitrogen and oxygen atoms in total. The van der Waals surface area contributed by atoms with E-state index in [-0.39, 0.29) is 35.6 Å². The number of nitrogens with zero attached hydrogens (tertiary/aromatic N) is 2. The summed E-state index contributed by atoms with van der Waals surface area (Å²) < 4.78 is 17.0. The fourth-order valence-corrected chi connectivity index (χ4v) is 8.43. The Labute approximate surface area is 320 Å². The number of benzene rings is 3. The molecule has 0 spiro atoms. The Bertz CT molecular complexity index is 1670. The van der Waals surface area contributed by atoms with Gasteiger partial charge in [-0.15, -0.1) is 0 Å². The van der Waals surface area contributed by atoms with Crippen LogP contribution in [0.1, 0.15) is 73.6 Å². The van der Waals surface area contributed by atoms with Crippen molar-refractivity contribution in [2.45, 2.75) is 75.7 Å². The van der Waals surface area contributed by atoms with E-state index in [4.69, 9.17) is 14.2 Å². The number of anilines is 1. The van der Waals surface area contributed by atoms with Gasteiger partial charge < -0.3 is 44.9 Å². The number of phenols is 2. The van der Waals surface area contributed by atoms with Crippen LogP contribution in [0.3, 0.4) is 0 Å². The number of carbonyl (C=O) groups is 2. The zero-order valence-corrected chi connectivity index (χ0v) is 31.8. The Morgan fingerprint density at radius 1 is 0.963 bits per heavy atom. The molecule has 54 heavy (non-hydrogen) atoms. The first kappa shape index (κ1) is 39.5. The standard InChI is InChI=1S/C43H58N4O7/c1-52-29-26-46-23-19-43(20-24-46,34-8-4-2-5-9-34)36-30-32(12-14-37(36)48)17-27-53-28-18-40(51)47(35-10-6-3-7-11-35)25-22-44-21-16-33-13-15-38(49)41-42(33)54-31-39(50)45-41/h2,4-5,8-9,12-15,30,35,44,48-49H,3,6-7,10-11,16-29,31H2,1H3,(H,45,50). The Morgan fingerprint density at radius 3 is 2.52 bits per heavy atom. The number of likely N-dealkylation sites (tertiary alicyclic amines) is 1. The van der Waals surface area contributed by atoms with Gasteiger partial charge in [-0.2, -0.15) is 0 Å². The molecular weight excluding hydrogens is 684 g/mol. The molecule has 11 heteroatoms. The van der Waals surface area contributed by atoms with Crippen LogP contribution in [-0.4, -0.2) is 111 Å². The molecule has 2 fully saturated rings. The van der Waals surface area contributed by atoms with Gasteiger partial charge in [0.05, 0.1) is 26.2 Å². The smallest absolute Gasteiger partial charge is 0.262 e. The van der Waals surface area contributed by atoms with E-state index in [1.165, 1.54) is 12.0 Å². The lowest BCUT2D eigenvalue weighted by molar-refractivity contribution is -0.135. The lowest BCUT2D eigenvalue weighted by Gasteiger charge is -2.43. The van der Waals surface area contributed by atoms with Gasteiger partial charge in [-0.3, -0.25) is 9.59 Å². The summed E-state index contributed by atoms with van der Waals surface area (Å²) >= 11 is 0. The van der Waals surface area contributed by atoms with Crippen molar-refractivity contribution in [3.05, 3.63) is 82.9 Å². The fraction of sp³-hybridized carbons (Fsp3) is 0.535. The summed E-state index contributed by atoms with van der Waals surface area (Å²) in [5.41, 5.74) is 4.30. The number of aromatic hydroxyl groups is 2. The summed E-state index contributed by atoms with van der Waals surface area (Å²) in [6.07, 6.45) is 9.12. The van der Waals surface area contributed by atoms with Crippen LogP contribution >= 0.6 is 0 Å². The molecule has 0 radical (unpaired) electrons. The van der Waals surface area contributed by atoms with E-state index < -0.39 is 0 Å². The van der Waals surface area contributed by atoms with Gasteiger partial charge in [0.15, 0.2) is 12.4 Å². The number of rotatable bonds is 18. The molecule has 3 aliphatic rings. The molecule has 0 unspecified atom stereocenters. The Balaban J connectivity index is 0.992. The molecule has 2 amide bonds. The first-order valence-corrected chi connectivity index (χ1v) is 19.8. The van der Waals surface area contributed by atoms with Crippen molar-refractivity contribution in [1.29, 1.82) is 0 Å². The topological polar surface area (TPSA) is 133 Å². The molecule has 0 aromatic heterocycles. The number of phenolic OH excluding ortho intramolecular Hbond substituents is 2. The van der Waals surface area contributed by atoms with Gasteiger partial charge in [0.1, 0.15) is 17.2 Å². The van der Waals surface area contributed by atoms with Crippen molar-refractivity contribution in [3.8, 4) is 17.2 Å². The molecule has 3 aromatic rings. The highest BCUT2D eigenvalue weighted by atomic mass is 16.5. The van der Waals surface area contributed by atoms with E-state index in [0.717, 1.165) is 74.8 Å². The minimum Gasteiger partial charge on any atom is -0.508 e. The summed E-state index contributed by atoms with van der Waals surface area (Å²) in [6.45, 7) is 6.26. The molecule has 0 atom stereocenters. The predicted octanol–water partition coefficient (Wildman–Crippen LogP) is 5.40. The number of hydrogen-bond acceptors (Lipinski definition) is 9. The van der Waals surface area contributed by atoms with Gasteiger partial charge in [-0.25, -0.2) is 0 Å². The van der Waals surface area contributed by atoms with E-state index in [0.29, 0.717) is 75.9 Å². The third-order valence-corrected chi connectivity index (χ3v) is 11.5. The van der Waals surface area contributed by atoms with E-state index in [9.17, 15) is 19.8 Å². The average molecular weight is 743 g/mol. The molecule has 4 N–H and O–H groups in total. The van der Waals surface area contributed by atoms with Gasteiger partial charge in [0.25, 0.3) is 5.91 Å². The normalized spacial score (nSPS) is 17.4. The highest BCUT2D eigenvalue weighted by molar-refractivity contribution is 5.97. The first-order valence-electron chi connectivity index (χ1n) is 19.8. The van der Waals surface area contributed by atoms with Crippen molar-refractivity contribution in [3.63, 3.8) is 0 Å². The van der Waals surface area contributed by atoms with Crippen LogP contribution in [0.2, 0.25) is 0 Å². The highest BCUT2D eigenvalue weighted by Gasteiger charge is 2.39. The molecule has 1 aliphatic carbocycles. The molecule has 6 rings (SSSR count). The molecule has 3 aromatic carbocycles. The van der Waals surface area contributed by atoms with Crippen molar-refractivity contribution in [2.75, 3.05) is 78.1 Å². The van der Waals surface area contributed by atoms with Crippen molar-refractivity contribution in [1.82, 2.24) is 15.1 Å². The second-order valence-corrected chi connectivity index (χ2v) is 14.9. The summed E-state index contributed by atoms with van der Waals surface area (Å²) in [6, 6.07) is 20.2. The number of amides is 2. The van der Waals surface area contributed by atoms with Gasteiger partial charge >= 0.3 is 0 Å². The molecule has 2 heterocycles. The van der Waals surface area contributed by atoms with Gasteiger partial charge in [-0.05, 0) is 87.0 Å². The number of fused-ring (bicyclic) bond motifs is 1. The second kappa shape index (κ2) is 19.4. The Morgan fingerprint density at radius 2 is 1.74 bits per heavy atom. The molecule has 1 saturated heterocycles. The molecular formula is C43H58N4O7. The van der Waals surface area contributed by atoms with Crippen molar-refractivity contribution in [2.24, 2.45) is 0 Å². The minimum absolute atomic E-state index is 0.00701. The fourth-order valence-electron chi connectivity index (χ4n) is 8.43. The summed E-state index contributed by atoms with van der Waals surface area (Å²) in [4.78, 5) is 29.8. The number of ether oxygens (including phenoxy) is 3. The minimum atomic E-state index is -0.282. The Kier molecular flexibility index (Phi) is 14.2. The third-order valence-electron chi connectivity index (χ3n) is 11.5. The lowest BCUT2D eigenvalue weighted by Crippen LogP contribution is -2.45. The zero-order chi connectivity index (χ0) is 37.8. The van der Waals surface area contributed by atoms with E-state index in [1.54, 1.807) is 13.2 Å². The van der Waals surface area contributed by atoms with Crippen LogP contribution in [0.4, 0.5) is 5.69 Å². The van der Waals surface area contributed by atoms with Crippen LogP contribution in [0, 0.1) is 0 Å². The average Bonchev–Trinajstić information content (AvgIpc) is 3.20. The van der Waals surface area contributed by atoms with Crippen molar-refractivity contribution < 1.29 is 34.0 Å². The number of methoxy groups -OCH3 is 1. The maximum absolute atomic E-state index is 13.6. The maximum Gasteiger partial charge on any atom is 0.262 e. The van der Waals surface area contributed by atoms with Crippen LogP contribution in [0.15, 0.2) is 60.7 Å². The summed E-state index contributed by atoms with van der Waals surface area (Å²) in [5.74, 6) is 0.698. The lowest BCUT2D eigenvalue weighted by atomic mass is 9.67. The van der Waals surface area contributed by atoms with Gasteiger partial charge in [-0.1, -0.05) is 67.8 Å². The zero-order valence-electron chi connectivity index (χ0n) is 31.8. The monoisotopic (exact) mass is 742 g/mol. The number of hydrogen-bond donors (Lipinski definition) is 4. The largest absolute Gasteiger partial charge is 0.508 e. The number of carbonyl (C=O) groups excluding carboxylic acids is 2. The maximum atomic E-state index is 13.6. The van der Waals surface area contributed by atoms with E-state index in [2.05, 4.69) is 50.8 Å². The third kappa shape index (κ3) is 9.92. The van der Waals surface area contributed by atoms with Gasteiger partial charge in [0.2, 0.25) is 5.91 Å². The predicted molar refractivity (Wildman–Crippen MR) is 209 cm³/mol. The summed E-state index contributed by atoms with van der Waals surface area (Å²) in [7, 11) is 1.74. The quantitative estimate of drug-likeness (QED) is 0.1000. The van der Waals surface area contributed by atoms with Crippen molar-refractivity contribution >= 4 is 17.5 Å². The van der Waals surface area contributed by atoms with E-state index in [1.807, 2.05) is 24.3 Å². The SMILES string of the molecule is COCCN1CCC(c2ccccc2)(c2cc(CCOCCC(=O)N(CCNCCc3ccc(O)c4c3OCC(=O)N4)C3CCCCC3)ccc2O)CC1. The first-order chi connectivity index (χ1) is 26.4. The van der Waals surface area contributed by atoms with Crippen LogP contribution in [0.5, 0.6) is 17.2 Å². The Hall–Kier alpha value is -4.16.